The first-order chi connectivity index (χ1) is 3.79. The van der Waals surface area contributed by atoms with Crippen LogP contribution in [0.4, 0.5) is 0 Å². The normalized spacial score (nSPS) is 32.6. The molecular weight excluding hydrogens is 126 g/mol. The van der Waals surface area contributed by atoms with Crippen molar-refractivity contribution in [2.24, 2.45) is 5.92 Å². The average molecular weight is 130 g/mol. The second kappa shape index (κ2) is 1.08. The maximum absolute atomic E-state index is 10.4. The van der Waals surface area contributed by atoms with Crippen LogP contribution in [0.5, 0.6) is 0 Å². The van der Waals surface area contributed by atoms with Gasteiger partial charge in [0.15, 0.2) is 0 Å². The first kappa shape index (κ1) is 4.39. The molecule has 1 amide bonds. The molecule has 1 aliphatic heterocycles. The predicted molar refractivity (Wildman–Crippen MR) is 29.1 cm³/mol. The topological polar surface area (TPSA) is 29.1 Å². The van der Waals surface area contributed by atoms with Crippen LogP contribution in [0.1, 0.15) is 6.42 Å². The molecule has 0 bridgehead atoms. The summed E-state index contributed by atoms with van der Waals surface area (Å²) >= 11 is 5.58. The van der Waals surface area contributed by atoms with Crippen molar-refractivity contribution in [1.29, 1.82) is 0 Å². The van der Waals surface area contributed by atoms with Crippen molar-refractivity contribution < 1.29 is 4.79 Å². The highest BCUT2D eigenvalue weighted by Gasteiger charge is 2.43. The molecule has 0 aromatic heterocycles. The Kier molecular flexibility index (Phi) is 0.591. The molecule has 2 rings (SSSR count). The molecule has 1 saturated heterocycles. The Balaban J connectivity index is 2.25. The Hall–Kier alpha value is -0.500. The highest BCUT2D eigenvalue weighted by atomic mass is 35.5. The third-order valence-electron chi connectivity index (χ3n) is 1.49. The second-order valence-corrected chi connectivity index (χ2v) is 2.47. The number of halogens is 1. The van der Waals surface area contributed by atoms with E-state index in [9.17, 15) is 4.79 Å². The summed E-state index contributed by atoms with van der Waals surface area (Å²) in [5, 5.41) is 3.50. The molecule has 2 aliphatic rings. The summed E-state index contributed by atoms with van der Waals surface area (Å²) in [6.07, 6.45) is 0.578. The summed E-state index contributed by atoms with van der Waals surface area (Å²) in [5.74, 6) is 0.401. The molecule has 0 aromatic carbocycles. The van der Waals surface area contributed by atoms with Gasteiger partial charge in [-0.05, 0) is 0 Å². The molecule has 1 N–H and O–H groups in total. The number of nitrogens with one attached hydrogen (secondary N) is 1. The van der Waals surface area contributed by atoms with Crippen LogP contribution in [0, 0.1) is 5.92 Å². The Bertz CT molecular complexity index is 197. The fraction of sp³-hybridized carbons (Fsp3) is 0.400. The zero-order valence-corrected chi connectivity index (χ0v) is 4.83. The lowest BCUT2D eigenvalue weighted by Gasteiger charge is -1.85. The van der Waals surface area contributed by atoms with Crippen molar-refractivity contribution in [1.82, 2.24) is 5.32 Å². The van der Waals surface area contributed by atoms with E-state index in [1.807, 2.05) is 0 Å². The summed E-state index contributed by atoms with van der Waals surface area (Å²) in [4.78, 5) is 10.4. The molecule has 0 aromatic rings. The summed E-state index contributed by atoms with van der Waals surface area (Å²) in [6, 6.07) is 0. The first-order valence-corrected chi connectivity index (χ1v) is 2.86. The zero-order valence-electron chi connectivity index (χ0n) is 4.07. The summed E-state index contributed by atoms with van der Waals surface area (Å²) in [7, 11) is 0. The Morgan fingerprint density at radius 1 is 1.75 bits per heavy atom. The maximum atomic E-state index is 10.4. The highest BCUT2D eigenvalue weighted by molar-refractivity contribution is 6.34. The van der Waals surface area contributed by atoms with E-state index < -0.39 is 0 Å². The number of allylic oxidation sites excluding steroid dienone is 2. The number of hydrogen-bond acceptors (Lipinski definition) is 1. The van der Waals surface area contributed by atoms with Crippen molar-refractivity contribution in [2.45, 2.75) is 6.42 Å². The summed E-state index contributed by atoms with van der Waals surface area (Å²) in [5.41, 5.74) is 0.955. The lowest BCUT2D eigenvalue weighted by molar-refractivity contribution is -0.119. The zero-order chi connectivity index (χ0) is 5.72. The fourth-order valence-corrected chi connectivity index (χ4v) is 1.27. The van der Waals surface area contributed by atoms with E-state index in [1.165, 1.54) is 0 Å². The molecule has 1 atom stereocenters. The number of fused-ring (bicyclic) bond motifs is 1. The minimum Gasteiger partial charge on any atom is -0.328 e. The first-order valence-electron chi connectivity index (χ1n) is 2.48. The van der Waals surface area contributed by atoms with Crippen LogP contribution < -0.4 is 5.32 Å². The van der Waals surface area contributed by atoms with Crippen LogP contribution in [-0.4, -0.2) is 5.91 Å². The van der Waals surface area contributed by atoms with Gasteiger partial charge >= 0.3 is 0 Å². The van der Waals surface area contributed by atoms with Crippen LogP contribution >= 0.6 is 11.6 Å². The van der Waals surface area contributed by atoms with Gasteiger partial charge in [0.05, 0.1) is 0 Å². The molecular formula is C5H4ClNO. The van der Waals surface area contributed by atoms with Crippen LogP contribution in [0.15, 0.2) is 10.7 Å². The highest BCUT2D eigenvalue weighted by Crippen LogP contribution is 2.46. The van der Waals surface area contributed by atoms with Gasteiger partial charge < -0.3 is 5.32 Å². The molecule has 0 saturated carbocycles. The number of rotatable bonds is 0. The second-order valence-electron chi connectivity index (χ2n) is 2.07. The summed E-state index contributed by atoms with van der Waals surface area (Å²) in [6.45, 7) is 0. The van der Waals surface area contributed by atoms with Gasteiger partial charge in [0, 0.05) is 23.1 Å². The van der Waals surface area contributed by atoms with Crippen molar-refractivity contribution in [3.8, 4) is 0 Å². The summed E-state index contributed by atoms with van der Waals surface area (Å²) < 4.78 is 0. The monoisotopic (exact) mass is 129 g/mol. The lowest BCUT2D eigenvalue weighted by atomic mass is 10.3. The quantitative estimate of drug-likeness (QED) is 0.510. The van der Waals surface area contributed by atoms with Crippen LogP contribution in [0.3, 0.4) is 0 Å². The Morgan fingerprint density at radius 2 is 2.50 bits per heavy atom. The van der Waals surface area contributed by atoms with E-state index in [4.69, 9.17) is 11.6 Å². The molecule has 1 heterocycles. The van der Waals surface area contributed by atoms with E-state index in [0.29, 0.717) is 12.3 Å². The Labute approximate surface area is 51.5 Å². The molecule has 0 radical (unpaired) electrons. The number of amides is 1. The van der Waals surface area contributed by atoms with Gasteiger partial charge in [-0.15, -0.1) is 0 Å². The van der Waals surface area contributed by atoms with Crippen LogP contribution in [0.2, 0.25) is 0 Å². The van der Waals surface area contributed by atoms with Crippen molar-refractivity contribution >= 4 is 17.5 Å². The van der Waals surface area contributed by atoms with Gasteiger partial charge in [0.2, 0.25) is 5.91 Å². The van der Waals surface area contributed by atoms with E-state index in [2.05, 4.69) is 5.32 Å². The minimum atomic E-state index is 0.106. The van der Waals surface area contributed by atoms with Crippen LogP contribution in [0.25, 0.3) is 0 Å². The van der Waals surface area contributed by atoms with Gasteiger partial charge in [-0.2, -0.15) is 0 Å². The number of carbonyl (C=O) groups is 1. The minimum absolute atomic E-state index is 0.106. The Morgan fingerprint density at radius 3 is 2.88 bits per heavy atom. The fourth-order valence-electron chi connectivity index (χ4n) is 0.964. The molecule has 1 aliphatic carbocycles. The van der Waals surface area contributed by atoms with Gasteiger partial charge in [0.1, 0.15) is 0 Å². The molecule has 3 heteroatoms. The molecule has 0 spiro atoms. The van der Waals surface area contributed by atoms with E-state index in [1.54, 1.807) is 0 Å². The largest absolute Gasteiger partial charge is 0.328 e. The SMILES string of the molecule is O=C1CC2C(Cl)=C2N1. The van der Waals surface area contributed by atoms with E-state index in [-0.39, 0.29) is 5.91 Å². The third kappa shape index (κ3) is 0.364. The maximum Gasteiger partial charge on any atom is 0.225 e. The smallest absolute Gasteiger partial charge is 0.225 e. The van der Waals surface area contributed by atoms with Gasteiger partial charge in [0.25, 0.3) is 0 Å². The molecule has 8 heavy (non-hydrogen) atoms. The standard InChI is InChI=1S/C5H4ClNO/c6-4-2-1-3(8)7-5(2)4/h2H,1H2,(H,7,8). The van der Waals surface area contributed by atoms with Gasteiger partial charge in [-0.25, -0.2) is 0 Å². The van der Waals surface area contributed by atoms with E-state index >= 15 is 0 Å². The average Bonchev–Trinajstić information content (AvgIpc) is 2.29. The van der Waals surface area contributed by atoms with Crippen molar-refractivity contribution in [3.63, 3.8) is 0 Å². The van der Waals surface area contributed by atoms with Crippen LogP contribution in [-0.2, 0) is 4.79 Å². The van der Waals surface area contributed by atoms with Crippen molar-refractivity contribution in [3.05, 3.63) is 10.7 Å². The van der Waals surface area contributed by atoms with Gasteiger partial charge in [-0.3, -0.25) is 4.79 Å². The predicted octanol–water partition coefficient (Wildman–Crippen LogP) is 0.587. The van der Waals surface area contributed by atoms with Crippen molar-refractivity contribution in [2.75, 3.05) is 0 Å². The van der Waals surface area contributed by atoms with E-state index in [0.717, 1.165) is 10.7 Å². The van der Waals surface area contributed by atoms with Gasteiger partial charge in [-0.1, -0.05) is 11.6 Å². The lowest BCUT2D eigenvalue weighted by Crippen LogP contribution is -2.10. The number of carbonyl (C=O) groups excluding carboxylic acids is 1. The third-order valence-corrected chi connectivity index (χ3v) is 1.96. The molecule has 42 valence electrons. The molecule has 1 fully saturated rings. The molecule has 2 nitrogen and oxygen atoms in total. The number of hydrogen-bond donors (Lipinski definition) is 1. The molecule has 1 unspecified atom stereocenters.